The molecular formula is C26H26FNO2. The number of benzene rings is 3. The summed E-state index contributed by atoms with van der Waals surface area (Å²) in [6.45, 7) is 6.95. The number of nitrogens with zero attached hydrogens (tertiary/aromatic N) is 1. The summed E-state index contributed by atoms with van der Waals surface area (Å²) in [6.07, 6.45) is 1.72. The monoisotopic (exact) mass is 403 g/mol. The molecule has 0 fully saturated rings. The van der Waals surface area contributed by atoms with Crippen molar-refractivity contribution in [1.82, 2.24) is 0 Å². The van der Waals surface area contributed by atoms with E-state index in [-0.39, 0.29) is 11.7 Å². The molecule has 0 spiro atoms. The molecule has 3 nitrogen and oxygen atoms in total. The number of methoxy groups -OCH3 is 1. The Kier molecular flexibility index (Phi) is 5.33. The first-order chi connectivity index (χ1) is 14.4. The third kappa shape index (κ3) is 3.36. The lowest BCUT2D eigenvalue weighted by atomic mass is 9.88. The van der Waals surface area contributed by atoms with Gasteiger partial charge in [0.2, 0.25) is 0 Å². The first kappa shape index (κ1) is 20.1. The van der Waals surface area contributed by atoms with E-state index in [1.807, 2.05) is 0 Å². The number of hydrogen-bond acceptors (Lipinski definition) is 2. The van der Waals surface area contributed by atoms with Crippen LogP contribution in [0.4, 0.5) is 10.1 Å². The van der Waals surface area contributed by atoms with Crippen molar-refractivity contribution in [3.05, 3.63) is 82.2 Å². The van der Waals surface area contributed by atoms with Crippen molar-refractivity contribution in [2.24, 2.45) is 0 Å². The van der Waals surface area contributed by atoms with Crippen LogP contribution in [0.5, 0.6) is 5.75 Å². The standard InChI is InChI=1S/C26H26FNO2/c1-5-20-17(3)14-23-21(25(20)18-8-6-16(2)7-9-18)12-13-28(23)26(29)19-10-11-24(30-4)22(27)15-19/h6-11,14-15H,5,12-13H2,1-4H3. The van der Waals surface area contributed by atoms with E-state index in [1.54, 1.807) is 11.0 Å². The molecule has 3 aromatic carbocycles. The zero-order valence-electron chi connectivity index (χ0n) is 17.9. The fourth-order valence-corrected chi connectivity index (χ4v) is 4.42. The van der Waals surface area contributed by atoms with E-state index in [1.165, 1.54) is 52.6 Å². The largest absolute Gasteiger partial charge is 0.494 e. The highest BCUT2D eigenvalue weighted by Crippen LogP contribution is 2.41. The van der Waals surface area contributed by atoms with Gasteiger partial charge in [0.15, 0.2) is 11.6 Å². The number of amides is 1. The molecule has 3 aromatic rings. The SMILES string of the molecule is CCc1c(C)cc2c(c1-c1ccc(C)cc1)CCN2C(=O)c1ccc(OC)c(F)c1. The van der Waals surface area contributed by atoms with Gasteiger partial charge in [-0.3, -0.25) is 4.79 Å². The molecule has 0 saturated carbocycles. The van der Waals surface area contributed by atoms with E-state index in [0.29, 0.717) is 12.1 Å². The molecule has 4 heteroatoms. The summed E-state index contributed by atoms with van der Waals surface area (Å²) in [5.41, 5.74) is 8.60. The predicted molar refractivity (Wildman–Crippen MR) is 119 cm³/mol. The molecule has 1 aliphatic heterocycles. The molecule has 30 heavy (non-hydrogen) atoms. The summed E-state index contributed by atoms with van der Waals surface area (Å²) in [6, 6.07) is 15.1. The summed E-state index contributed by atoms with van der Waals surface area (Å²) in [4.78, 5) is 15.0. The van der Waals surface area contributed by atoms with Gasteiger partial charge in [0.05, 0.1) is 7.11 Å². The molecule has 0 N–H and O–H groups in total. The molecule has 0 aromatic heterocycles. The van der Waals surface area contributed by atoms with Crippen LogP contribution in [-0.4, -0.2) is 19.6 Å². The lowest BCUT2D eigenvalue weighted by Gasteiger charge is -2.21. The van der Waals surface area contributed by atoms with Crippen LogP contribution >= 0.6 is 0 Å². The highest BCUT2D eigenvalue weighted by atomic mass is 19.1. The van der Waals surface area contributed by atoms with Crippen molar-refractivity contribution in [2.75, 3.05) is 18.6 Å². The van der Waals surface area contributed by atoms with Crippen molar-refractivity contribution in [1.29, 1.82) is 0 Å². The van der Waals surface area contributed by atoms with Crippen LogP contribution in [0.25, 0.3) is 11.1 Å². The fourth-order valence-electron chi connectivity index (χ4n) is 4.42. The molecule has 0 atom stereocenters. The molecular weight excluding hydrogens is 377 g/mol. The normalized spacial score (nSPS) is 12.8. The smallest absolute Gasteiger partial charge is 0.258 e. The number of ether oxygens (including phenoxy) is 1. The maximum Gasteiger partial charge on any atom is 0.258 e. The lowest BCUT2D eigenvalue weighted by molar-refractivity contribution is 0.0989. The Bertz CT molecular complexity index is 1120. The number of carbonyl (C=O) groups is 1. The minimum atomic E-state index is -0.527. The molecule has 0 saturated heterocycles. The van der Waals surface area contributed by atoms with Crippen LogP contribution in [0.3, 0.4) is 0 Å². The summed E-state index contributed by atoms with van der Waals surface area (Å²) >= 11 is 0. The second kappa shape index (κ2) is 7.94. The zero-order chi connectivity index (χ0) is 21.4. The van der Waals surface area contributed by atoms with Gasteiger partial charge in [-0.05, 0) is 78.8 Å². The number of aryl methyl sites for hydroxylation is 2. The maximum atomic E-state index is 14.2. The Balaban J connectivity index is 1.81. The van der Waals surface area contributed by atoms with Gasteiger partial charge in [-0.2, -0.15) is 0 Å². The van der Waals surface area contributed by atoms with E-state index in [0.717, 1.165) is 18.5 Å². The molecule has 0 radical (unpaired) electrons. The lowest BCUT2D eigenvalue weighted by Crippen LogP contribution is -2.29. The summed E-state index contributed by atoms with van der Waals surface area (Å²) in [7, 11) is 1.41. The van der Waals surface area contributed by atoms with Gasteiger partial charge in [-0.15, -0.1) is 0 Å². The Morgan fingerprint density at radius 2 is 1.83 bits per heavy atom. The van der Waals surface area contributed by atoms with Crippen LogP contribution in [-0.2, 0) is 12.8 Å². The zero-order valence-corrected chi connectivity index (χ0v) is 17.9. The first-order valence-electron chi connectivity index (χ1n) is 10.3. The van der Waals surface area contributed by atoms with Crippen LogP contribution < -0.4 is 9.64 Å². The van der Waals surface area contributed by atoms with Crippen molar-refractivity contribution in [3.8, 4) is 16.9 Å². The van der Waals surface area contributed by atoms with E-state index in [4.69, 9.17) is 4.74 Å². The molecule has 154 valence electrons. The van der Waals surface area contributed by atoms with Gasteiger partial charge in [-0.1, -0.05) is 36.8 Å². The molecule has 1 aliphatic rings. The van der Waals surface area contributed by atoms with Crippen molar-refractivity contribution >= 4 is 11.6 Å². The topological polar surface area (TPSA) is 29.5 Å². The number of rotatable bonds is 4. The third-order valence-corrected chi connectivity index (χ3v) is 5.96. The fraction of sp³-hybridized carbons (Fsp3) is 0.269. The highest BCUT2D eigenvalue weighted by Gasteiger charge is 2.30. The van der Waals surface area contributed by atoms with E-state index in [9.17, 15) is 9.18 Å². The summed E-state index contributed by atoms with van der Waals surface area (Å²) < 4.78 is 19.2. The van der Waals surface area contributed by atoms with Gasteiger partial charge in [-0.25, -0.2) is 4.39 Å². The van der Waals surface area contributed by atoms with E-state index >= 15 is 0 Å². The van der Waals surface area contributed by atoms with E-state index < -0.39 is 5.82 Å². The maximum absolute atomic E-state index is 14.2. The summed E-state index contributed by atoms with van der Waals surface area (Å²) in [5, 5.41) is 0. The average Bonchev–Trinajstić information content (AvgIpc) is 3.16. The minimum absolute atomic E-state index is 0.137. The average molecular weight is 403 g/mol. The Hall–Kier alpha value is -3.14. The van der Waals surface area contributed by atoms with Gasteiger partial charge in [0, 0.05) is 17.8 Å². The van der Waals surface area contributed by atoms with Crippen LogP contribution in [0.1, 0.15) is 39.5 Å². The molecule has 1 heterocycles. The third-order valence-electron chi connectivity index (χ3n) is 5.96. The second-order valence-corrected chi connectivity index (χ2v) is 7.82. The Labute approximate surface area is 177 Å². The van der Waals surface area contributed by atoms with Crippen LogP contribution in [0.2, 0.25) is 0 Å². The molecule has 4 rings (SSSR count). The van der Waals surface area contributed by atoms with Gasteiger partial charge in [0.1, 0.15) is 0 Å². The van der Waals surface area contributed by atoms with Crippen molar-refractivity contribution in [3.63, 3.8) is 0 Å². The van der Waals surface area contributed by atoms with Gasteiger partial charge < -0.3 is 9.64 Å². The minimum Gasteiger partial charge on any atom is -0.494 e. The number of carbonyl (C=O) groups excluding carboxylic acids is 1. The predicted octanol–water partition coefficient (Wildman–Crippen LogP) is 5.88. The number of halogens is 1. The Morgan fingerprint density at radius 1 is 1.10 bits per heavy atom. The molecule has 0 unspecified atom stereocenters. The molecule has 0 bridgehead atoms. The van der Waals surface area contributed by atoms with Crippen molar-refractivity contribution in [2.45, 2.75) is 33.6 Å². The second-order valence-electron chi connectivity index (χ2n) is 7.82. The highest BCUT2D eigenvalue weighted by molar-refractivity contribution is 6.08. The Morgan fingerprint density at radius 3 is 2.47 bits per heavy atom. The van der Waals surface area contributed by atoms with Gasteiger partial charge >= 0.3 is 0 Å². The molecule has 0 aliphatic carbocycles. The van der Waals surface area contributed by atoms with Crippen molar-refractivity contribution < 1.29 is 13.9 Å². The first-order valence-corrected chi connectivity index (χ1v) is 10.3. The van der Waals surface area contributed by atoms with Crippen LogP contribution in [0.15, 0.2) is 48.5 Å². The van der Waals surface area contributed by atoms with Gasteiger partial charge in [0.25, 0.3) is 5.91 Å². The number of fused-ring (bicyclic) bond motifs is 1. The van der Waals surface area contributed by atoms with E-state index in [2.05, 4.69) is 51.1 Å². The number of anilines is 1. The summed E-state index contributed by atoms with van der Waals surface area (Å²) in [5.74, 6) is -0.576. The quantitative estimate of drug-likeness (QED) is 0.544. The molecule has 1 amide bonds. The van der Waals surface area contributed by atoms with Crippen LogP contribution in [0, 0.1) is 19.7 Å². The number of hydrogen-bond donors (Lipinski definition) is 0.